The van der Waals surface area contributed by atoms with E-state index in [9.17, 15) is 9.00 Å². The molecule has 1 atom stereocenters. The topological polar surface area (TPSA) is 73.1 Å². The molecule has 0 aliphatic rings. The van der Waals surface area contributed by atoms with Gasteiger partial charge in [0.1, 0.15) is 5.69 Å². The molecule has 11 heavy (non-hydrogen) atoms. The summed E-state index contributed by atoms with van der Waals surface area (Å²) in [6, 6.07) is 0. The zero-order valence-corrected chi connectivity index (χ0v) is 7.37. The SMILES string of the molecule is CS(=O)c1nc(C(N)=O)cs1. The molecule has 0 aromatic carbocycles. The van der Waals surface area contributed by atoms with Crippen LogP contribution in [0.2, 0.25) is 0 Å². The molecule has 6 heteroatoms. The Morgan fingerprint density at radius 1 is 1.82 bits per heavy atom. The molecule has 1 heterocycles. The van der Waals surface area contributed by atoms with Crippen molar-refractivity contribution in [3.63, 3.8) is 0 Å². The largest absolute Gasteiger partial charge is 0.364 e. The van der Waals surface area contributed by atoms with Crippen LogP contribution in [0.15, 0.2) is 9.72 Å². The Bertz CT molecular complexity index is 279. The molecule has 0 aliphatic carbocycles. The molecule has 0 radical (unpaired) electrons. The Morgan fingerprint density at radius 3 is 2.73 bits per heavy atom. The normalized spacial score (nSPS) is 12.8. The van der Waals surface area contributed by atoms with Gasteiger partial charge in [-0.2, -0.15) is 0 Å². The van der Waals surface area contributed by atoms with Gasteiger partial charge < -0.3 is 5.73 Å². The van der Waals surface area contributed by atoms with E-state index in [2.05, 4.69) is 4.98 Å². The number of carbonyl (C=O) groups is 1. The summed E-state index contributed by atoms with van der Waals surface area (Å²) in [5.41, 5.74) is 5.11. The molecule has 1 rings (SSSR count). The van der Waals surface area contributed by atoms with Crippen molar-refractivity contribution in [3.8, 4) is 0 Å². The predicted octanol–water partition coefficient (Wildman–Crippen LogP) is -0.0206. The molecule has 0 bridgehead atoms. The summed E-state index contributed by atoms with van der Waals surface area (Å²) in [5.74, 6) is -0.585. The zero-order chi connectivity index (χ0) is 8.43. The van der Waals surface area contributed by atoms with Crippen molar-refractivity contribution in [2.24, 2.45) is 5.73 Å². The van der Waals surface area contributed by atoms with Gasteiger partial charge in [-0.15, -0.1) is 11.3 Å². The van der Waals surface area contributed by atoms with Crippen molar-refractivity contribution in [1.82, 2.24) is 4.98 Å². The maximum absolute atomic E-state index is 10.8. The number of amides is 1. The lowest BCUT2D eigenvalue weighted by molar-refractivity contribution is 0.0996. The van der Waals surface area contributed by atoms with Crippen LogP contribution >= 0.6 is 11.3 Å². The number of nitrogens with zero attached hydrogens (tertiary/aromatic N) is 1. The summed E-state index contributed by atoms with van der Waals surface area (Å²) >= 11 is 1.17. The number of primary amides is 1. The molecular weight excluding hydrogens is 184 g/mol. The number of rotatable bonds is 2. The van der Waals surface area contributed by atoms with Gasteiger partial charge in [-0.25, -0.2) is 4.98 Å². The van der Waals surface area contributed by atoms with Crippen molar-refractivity contribution in [1.29, 1.82) is 0 Å². The maximum Gasteiger partial charge on any atom is 0.268 e. The summed E-state index contributed by atoms with van der Waals surface area (Å²) in [6.45, 7) is 0. The van der Waals surface area contributed by atoms with Gasteiger partial charge >= 0.3 is 0 Å². The molecule has 1 aromatic rings. The van der Waals surface area contributed by atoms with Crippen molar-refractivity contribution in [3.05, 3.63) is 11.1 Å². The van der Waals surface area contributed by atoms with E-state index in [1.807, 2.05) is 0 Å². The first kappa shape index (κ1) is 8.35. The molecule has 0 saturated carbocycles. The Balaban J connectivity index is 2.99. The van der Waals surface area contributed by atoms with Gasteiger partial charge in [0, 0.05) is 11.6 Å². The van der Waals surface area contributed by atoms with Gasteiger partial charge in [0.2, 0.25) is 0 Å². The van der Waals surface area contributed by atoms with E-state index < -0.39 is 16.7 Å². The second-order valence-corrected chi connectivity index (χ2v) is 4.23. The van der Waals surface area contributed by atoms with Crippen molar-refractivity contribution >= 4 is 28.0 Å². The number of thiazole rings is 1. The van der Waals surface area contributed by atoms with Crippen LogP contribution in [0.5, 0.6) is 0 Å². The van der Waals surface area contributed by atoms with E-state index in [-0.39, 0.29) is 5.69 Å². The highest BCUT2D eigenvalue weighted by Crippen LogP contribution is 2.11. The first-order chi connectivity index (χ1) is 5.11. The molecule has 0 spiro atoms. The van der Waals surface area contributed by atoms with Gasteiger partial charge in [0.15, 0.2) is 4.34 Å². The molecule has 1 unspecified atom stereocenters. The van der Waals surface area contributed by atoms with Crippen LogP contribution in [0.4, 0.5) is 0 Å². The standard InChI is InChI=1S/C5H6N2O2S2/c1-11(9)5-7-3(2-10-5)4(6)8/h2H,1H3,(H2,6,8). The Labute approximate surface area is 69.9 Å². The molecule has 60 valence electrons. The molecular formula is C5H6N2O2S2. The number of hydrogen-bond acceptors (Lipinski definition) is 4. The van der Waals surface area contributed by atoms with E-state index in [0.29, 0.717) is 4.34 Å². The number of aromatic nitrogens is 1. The van der Waals surface area contributed by atoms with Crippen LogP contribution in [0.1, 0.15) is 10.5 Å². The fourth-order valence-electron chi connectivity index (χ4n) is 0.502. The molecule has 2 N–H and O–H groups in total. The van der Waals surface area contributed by atoms with E-state index >= 15 is 0 Å². The second-order valence-electron chi connectivity index (χ2n) is 1.82. The smallest absolute Gasteiger partial charge is 0.268 e. The van der Waals surface area contributed by atoms with E-state index in [0.717, 1.165) is 0 Å². The monoisotopic (exact) mass is 190 g/mol. The lowest BCUT2D eigenvalue weighted by Crippen LogP contribution is -2.11. The van der Waals surface area contributed by atoms with Gasteiger partial charge in [-0.3, -0.25) is 9.00 Å². The zero-order valence-electron chi connectivity index (χ0n) is 5.73. The van der Waals surface area contributed by atoms with E-state index in [1.165, 1.54) is 23.0 Å². The van der Waals surface area contributed by atoms with Crippen LogP contribution < -0.4 is 5.73 Å². The van der Waals surface area contributed by atoms with Gasteiger partial charge in [-0.1, -0.05) is 0 Å². The fraction of sp³-hybridized carbons (Fsp3) is 0.200. The fourth-order valence-corrected chi connectivity index (χ4v) is 1.95. The summed E-state index contributed by atoms with van der Waals surface area (Å²) in [7, 11) is -1.13. The van der Waals surface area contributed by atoms with Crippen LogP contribution in [0, 0.1) is 0 Å². The van der Waals surface area contributed by atoms with Crippen LogP contribution in [-0.2, 0) is 10.8 Å². The van der Waals surface area contributed by atoms with Gasteiger partial charge in [0.05, 0.1) is 10.8 Å². The van der Waals surface area contributed by atoms with Gasteiger partial charge in [0.25, 0.3) is 5.91 Å². The summed E-state index contributed by atoms with van der Waals surface area (Å²) in [5, 5.41) is 1.50. The summed E-state index contributed by atoms with van der Waals surface area (Å²) < 4.78 is 11.2. The summed E-state index contributed by atoms with van der Waals surface area (Å²) in [6.07, 6.45) is 1.50. The Kier molecular flexibility index (Phi) is 2.35. The summed E-state index contributed by atoms with van der Waals surface area (Å²) in [4.78, 5) is 14.3. The number of nitrogens with two attached hydrogens (primary N) is 1. The lowest BCUT2D eigenvalue weighted by atomic mass is 10.5. The first-order valence-electron chi connectivity index (χ1n) is 2.70. The quantitative estimate of drug-likeness (QED) is 0.712. The Morgan fingerprint density at radius 2 is 2.45 bits per heavy atom. The minimum Gasteiger partial charge on any atom is -0.364 e. The van der Waals surface area contributed by atoms with E-state index in [4.69, 9.17) is 5.73 Å². The Hall–Kier alpha value is -0.750. The minimum absolute atomic E-state index is 0.181. The average Bonchev–Trinajstić information content (AvgIpc) is 2.33. The third kappa shape index (κ3) is 1.84. The minimum atomic E-state index is -1.13. The van der Waals surface area contributed by atoms with Crippen LogP contribution in [0.25, 0.3) is 0 Å². The predicted molar refractivity (Wildman–Crippen MR) is 43.0 cm³/mol. The number of hydrogen-bond donors (Lipinski definition) is 1. The number of carbonyl (C=O) groups excluding carboxylic acids is 1. The van der Waals surface area contributed by atoms with Crippen molar-refractivity contribution < 1.29 is 9.00 Å². The molecule has 0 aliphatic heterocycles. The molecule has 1 amide bonds. The van der Waals surface area contributed by atoms with Crippen LogP contribution in [-0.4, -0.2) is 21.4 Å². The highest BCUT2D eigenvalue weighted by molar-refractivity contribution is 7.86. The molecule has 0 fully saturated rings. The van der Waals surface area contributed by atoms with Crippen LogP contribution in [0.3, 0.4) is 0 Å². The third-order valence-corrected chi connectivity index (χ3v) is 3.19. The van der Waals surface area contributed by atoms with E-state index in [1.54, 1.807) is 0 Å². The highest BCUT2D eigenvalue weighted by atomic mass is 32.2. The second kappa shape index (κ2) is 3.10. The highest BCUT2D eigenvalue weighted by Gasteiger charge is 2.08. The molecule has 1 aromatic heterocycles. The van der Waals surface area contributed by atoms with Crippen molar-refractivity contribution in [2.75, 3.05) is 6.26 Å². The molecule has 4 nitrogen and oxygen atoms in total. The van der Waals surface area contributed by atoms with Crippen molar-refractivity contribution in [2.45, 2.75) is 4.34 Å². The first-order valence-corrected chi connectivity index (χ1v) is 5.14. The van der Waals surface area contributed by atoms with Gasteiger partial charge in [-0.05, 0) is 0 Å². The maximum atomic E-state index is 10.8. The lowest BCUT2D eigenvalue weighted by Gasteiger charge is -1.84. The third-order valence-electron chi connectivity index (χ3n) is 0.981. The average molecular weight is 190 g/mol. The molecule has 0 saturated heterocycles.